The second-order valence-corrected chi connectivity index (χ2v) is 6.29. The lowest BCUT2D eigenvalue weighted by atomic mass is 10.3. The zero-order valence-corrected chi connectivity index (χ0v) is 13.4. The molecule has 3 rings (SSSR count). The van der Waals surface area contributed by atoms with Crippen LogP contribution >= 0.6 is 11.3 Å². The number of amides is 2. The van der Waals surface area contributed by atoms with Gasteiger partial charge in [0.15, 0.2) is 5.13 Å². The van der Waals surface area contributed by atoms with E-state index in [0.29, 0.717) is 44.5 Å². The van der Waals surface area contributed by atoms with Crippen molar-refractivity contribution in [2.24, 2.45) is 0 Å². The molecule has 2 amide bonds. The van der Waals surface area contributed by atoms with E-state index >= 15 is 0 Å². The molecular weight excluding hydrogens is 304 g/mol. The zero-order chi connectivity index (χ0) is 15.5. The summed E-state index contributed by atoms with van der Waals surface area (Å²) >= 11 is 1.47. The summed E-state index contributed by atoms with van der Waals surface area (Å²) in [6.07, 6.45) is 2.05. The first kappa shape index (κ1) is 15.1. The molecule has 2 aliphatic rings. The van der Waals surface area contributed by atoms with E-state index in [0.717, 1.165) is 5.13 Å². The van der Waals surface area contributed by atoms with Gasteiger partial charge in [0.05, 0.1) is 6.61 Å². The Kier molecular flexibility index (Phi) is 4.47. The third-order valence-corrected chi connectivity index (χ3v) is 4.49. The van der Waals surface area contributed by atoms with Crippen molar-refractivity contribution in [2.75, 3.05) is 38.1 Å². The van der Waals surface area contributed by atoms with Gasteiger partial charge in [-0.25, -0.2) is 9.78 Å². The molecule has 0 radical (unpaired) electrons. The number of hydrogen-bond acceptors (Lipinski definition) is 6. The second-order valence-electron chi connectivity index (χ2n) is 5.43. The maximum atomic E-state index is 12.4. The van der Waals surface area contributed by atoms with Crippen molar-refractivity contribution >= 4 is 28.5 Å². The Balaban J connectivity index is 1.52. The third-order valence-electron chi connectivity index (χ3n) is 3.72. The van der Waals surface area contributed by atoms with Gasteiger partial charge in [-0.05, 0) is 19.8 Å². The molecule has 0 atom stereocenters. The standard InChI is InChI=1S/C14H20N4O3S/c1-2-21-14(20)18-7-5-17(6-8-18)12(19)11-9-22-13(16-11)15-10-3-4-10/h9-10H,2-8H2,1H3,(H,15,16). The zero-order valence-electron chi connectivity index (χ0n) is 12.6. The minimum absolute atomic E-state index is 0.0661. The van der Waals surface area contributed by atoms with Crippen LogP contribution in [-0.4, -0.2) is 65.6 Å². The van der Waals surface area contributed by atoms with E-state index in [1.54, 1.807) is 22.1 Å². The summed E-state index contributed by atoms with van der Waals surface area (Å²) in [6, 6.07) is 0.530. The van der Waals surface area contributed by atoms with E-state index in [2.05, 4.69) is 10.3 Å². The number of hydrogen-bond donors (Lipinski definition) is 1. The smallest absolute Gasteiger partial charge is 0.409 e. The van der Waals surface area contributed by atoms with Crippen LogP contribution in [0.2, 0.25) is 0 Å². The first-order valence-electron chi connectivity index (χ1n) is 7.60. The number of thiazole rings is 1. The summed E-state index contributed by atoms with van der Waals surface area (Å²) in [6.45, 7) is 4.19. The normalized spacial score (nSPS) is 18.2. The molecular formula is C14H20N4O3S. The van der Waals surface area contributed by atoms with Gasteiger partial charge in [0.25, 0.3) is 5.91 Å². The molecule has 0 aromatic carbocycles. The molecule has 1 saturated carbocycles. The van der Waals surface area contributed by atoms with Crippen molar-refractivity contribution < 1.29 is 14.3 Å². The highest BCUT2D eigenvalue weighted by Crippen LogP contribution is 2.27. The topological polar surface area (TPSA) is 74.8 Å². The molecule has 120 valence electrons. The fraction of sp³-hybridized carbons (Fsp3) is 0.643. The highest BCUT2D eigenvalue weighted by molar-refractivity contribution is 7.13. The molecule has 1 aliphatic carbocycles. The monoisotopic (exact) mass is 324 g/mol. The second kappa shape index (κ2) is 6.51. The number of nitrogens with zero attached hydrogens (tertiary/aromatic N) is 3. The van der Waals surface area contributed by atoms with Crippen molar-refractivity contribution in [1.29, 1.82) is 0 Å². The fourth-order valence-corrected chi connectivity index (χ4v) is 3.07. The van der Waals surface area contributed by atoms with Gasteiger partial charge in [-0.3, -0.25) is 4.79 Å². The van der Waals surface area contributed by atoms with Gasteiger partial charge in [-0.15, -0.1) is 11.3 Å². The number of anilines is 1. The van der Waals surface area contributed by atoms with Gasteiger partial charge in [-0.1, -0.05) is 0 Å². The van der Waals surface area contributed by atoms with E-state index in [1.165, 1.54) is 24.2 Å². The Labute approximate surface area is 133 Å². The Morgan fingerprint density at radius 3 is 2.64 bits per heavy atom. The Morgan fingerprint density at radius 1 is 1.32 bits per heavy atom. The molecule has 8 heteroatoms. The maximum absolute atomic E-state index is 12.4. The SMILES string of the molecule is CCOC(=O)N1CCN(C(=O)c2csc(NC3CC3)n2)CC1. The molecule has 0 bridgehead atoms. The molecule has 0 spiro atoms. The largest absolute Gasteiger partial charge is 0.450 e. The van der Waals surface area contributed by atoms with Crippen LogP contribution in [0.25, 0.3) is 0 Å². The summed E-state index contributed by atoms with van der Waals surface area (Å²) in [5, 5.41) is 5.91. The predicted molar refractivity (Wildman–Crippen MR) is 83.3 cm³/mol. The number of nitrogens with one attached hydrogen (secondary N) is 1. The highest BCUT2D eigenvalue weighted by Gasteiger charge is 2.27. The lowest BCUT2D eigenvalue weighted by molar-refractivity contribution is 0.0566. The summed E-state index contributed by atoms with van der Waals surface area (Å²) in [4.78, 5) is 31.8. The summed E-state index contributed by atoms with van der Waals surface area (Å²) < 4.78 is 4.97. The van der Waals surface area contributed by atoms with Crippen LogP contribution in [0.5, 0.6) is 0 Å². The summed E-state index contributed by atoms with van der Waals surface area (Å²) in [5.41, 5.74) is 0.484. The lowest BCUT2D eigenvalue weighted by Gasteiger charge is -2.33. The molecule has 1 saturated heterocycles. The molecule has 1 aromatic rings. The molecule has 1 aliphatic heterocycles. The minimum Gasteiger partial charge on any atom is -0.450 e. The Morgan fingerprint density at radius 2 is 2.00 bits per heavy atom. The summed E-state index contributed by atoms with van der Waals surface area (Å²) in [7, 11) is 0. The van der Waals surface area contributed by atoms with E-state index < -0.39 is 0 Å². The van der Waals surface area contributed by atoms with Crippen molar-refractivity contribution in [1.82, 2.24) is 14.8 Å². The van der Waals surface area contributed by atoms with E-state index in [9.17, 15) is 9.59 Å². The number of aromatic nitrogens is 1. The van der Waals surface area contributed by atoms with Crippen molar-refractivity contribution in [3.8, 4) is 0 Å². The van der Waals surface area contributed by atoms with Gasteiger partial charge in [0, 0.05) is 37.6 Å². The number of piperazine rings is 1. The fourth-order valence-electron chi connectivity index (χ4n) is 2.31. The van der Waals surface area contributed by atoms with E-state index in [1.807, 2.05) is 0 Å². The number of rotatable bonds is 4. The van der Waals surface area contributed by atoms with Crippen LogP contribution in [0.15, 0.2) is 5.38 Å². The number of carbonyl (C=O) groups excluding carboxylic acids is 2. The molecule has 1 N–H and O–H groups in total. The number of ether oxygens (including phenoxy) is 1. The van der Waals surface area contributed by atoms with Gasteiger partial charge < -0.3 is 19.9 Å². The van der Waals surface area contributed by atoms with Crippen LogP contribution < -0.4 is 5.32 Å². The van der Waals surface area contributed by atoms with Crippen molar-refractivity contribution in [3.63, 3.8) is 0 Å². The Hall–Kier alpha value is -1.83. The molecule has 22 heavy (non-hydrogen) atoms. The van der Waals surface area contributed by atoms with Gasteiger partial charge >= 0.3 is 6.09 Å². The first-order valence-corrected chi connectivity index (χ1v) is 8.48. The average molecular weight is 324 g/mol. The summed E-state index contributed by atoms with van der Waals surface area (Å²) in [5.74, 6) is -0.0661. The van der Waals surface area contributed by atoms with Crippen molar-refractivity contribution in [3.05, 3.63) is 11.1 Å². The predicted octanol–water partition coefficient (Wildman–Crippen LogP) is 1.63. The molecule has 2 fully saturated rings. The molecule has 7 nitrogen and oxygen atoms in total. The van der Waals surface area contributed by atoms with Crippen LogP contribution in [0.3, 0.4) is 0 Å². The van der Waals surface area contributed by atoms with Crippen LogP contribution in [0.4, 0.5) is 9.93 Å². The van der Waals surface area contributed by atoms with Crippen molar-refractivity contribution in [2.45, 2.75) is 25.8 Å². The van der Waals surface area contributed by atoms with E-state index in [4.69, 9.17) is 4.74 Å². The minimum atomic E-state index is -0.306. The highest BCUT2D eigenvalue weighted by atomic mass is 32.1. The van der Waals surface area contributed by atoms with E-state index in [-0.39, 0.29) is 12.0 Å². The number of carbonyl (C=O) groups is 2. The average Bonchev–Trinajstić information content (AvgIpc) is 3.22. The van der Waals surface area contributed by atoms with Gasteiger partial charge in [0.1, 0.15) is 5.69 Å². The van der Waals surface area contributed by atoms with Crippen LogP contribution in [-0.2, 0) is 4.74 Å². The first-order chi connectivity index (χ1) is 10.7. The quantitative estimate of drug-likeness (QED) is 0.911. The van der Waals surface area contributed by atoms with Gasteiger partial charge in [-0.2, -0.15) is 0 Å². The van der Waals surface area contributed by atoms with Crippen LogP contribution in [0, 0.1) is 0 Å². The molecule has 0 unspecified atom stereocenters. The van der Waals surface area contributed by atoms with Gasteiger partial charge in [0.2, 0.25) is 0 Å². The third kappa shape index (κ3) is 3.49. The van der Waals surface area contributed by atoms with Crippen LogP contribution in [0.1, 0.15) is 30.3 Å². The Bertz CT molecular complexity index is 550. The maximum Gasteiger partial charge on any atom is 0.409 e. The molecule has 2 heterocycles. The lowest BCUT2D eigenvalue weighted by Crippen LogP contribution is -2.50. The molecule has 1 aromatic heterocycles.